The van der Waals surface area contributed by atoms with Crippen molar-refractivity contribution in [2.75, 3.05) is 7.11 Å². The molecule has 0 radical (unpaired) electrons. The molecule has 1 fully saturated rings. The number of nitrogens with one attached hydrogen (secondary N) is 1. The summed E-state index contributed by atoms with van der Waals surface area (Å²) >= 11 is 6.98. The molecule has 1 saturated carbocycles. The standard InChI is InChI=1S/C23H18ClN3O9S/c1-35-22(32)12-10(28)7-8-11(29)14(12)25-13(9-5-3-2-4-6-9)20(31)26-15-16-18(17(15)30)37-19(24)21(27-16)36-23(33)34/h2-8,12-13,15-16,18-19H,1H3,(H,26,31)(H,33,34). The lowest BCUT2D eigenvalue weighted by atomic mass is 9.83. The average molecular weight is 548 g/mol. The van der Waals surface area contributed by atoms with E-state index >= 15 is 0 Å². The molecule has 6 unspecified atom stereocenters. The molecule has 192 valence electrons. The topological polar surface area (TPSA) is 178 Å². The van der Waals surface area contributed by atoms with Crippen LogP contribution in [0, 0.1) is 5.92 Å². The quantitative estimate of drug-likeness (QED) is 0.305. The maximum Gasteiger partial charge on any atom is 0.512 e. The van der Waals surface area contributed by atoms with E-state index in [0.717, 1.165) is 31.0 Å². The summed E-state index contributed by atoms with van der Waals surface area (Å²) in [6.45, 7) is 0. The molecule has 1 aliphatic heterocycles. The molecule has 0 spiro atoms. The number of nitrogens with zero attached hydrogens (tertiary/aromatic N) is 2. The molecule has 4 rings (SSSR count). The monoisotopic (exact) mass is 547 g/mol. The van der Waals surface area contributed by atoms with Gasteiger partial charge in [0.25, 0.3) is 0 Å². The number of esters is 1. The zero-order valence-electron chi connectivity index (χ0n) is 18.9. The number of aliphatic imine (C=N–C) groups is 2. The molecule has 12 nitrogen and oxygen atoms in total. The zero-order valence-corrected chi connectivity index (χ0v) is 20.5. The number of carboxylic acid groups (broad SMARTS) is 1. The molecule has 1 amide bonds. The predicted octanol–water partition coefficient (Wildman–Crippen LogP) is 0.875. The van der Waals surface area contributed by atoms with Gasteiger partial charge in [0.1, 0.15) is 11.8 Å². The lowest BCUT2D eigenvalue weighted by molar-refractivity contribution is -0.146. The Labute approximate surface area is 218 Å². The van der Waals surface area contributed by atoms with E-state index in [1.165, 1.54) is 0 Å². The number of rotatable bonds is 5. The smallest absolute Gasteiger partial charge is 0.468 e. The van der Waals surface area contributed by atoms with Crippen molar-refractivity contribution in [2.45, 2.75) is 28.1 Å². The van der Waals surface area contributed by atoms with Crippen LogP contribution < -0.4 is 5.32 Å². The first-order valence-corrected chi connectivity index (χ1v) is 12.1. The van der Waals surface area contributed by atoms with Crippen molar-refractivity contribution in [2.24, 2.45) is 15.9 Å². The first-order chi connectivity index (χ1) is 17.6. The molecule has 1 aromatic rings. The molecule has 2 N–H and O–H groups in total. The summed E-state index contributed by atoms with van der Waals surface area (Å²) in [6.07, 6.45) is 0.254. The number of carbonyl (C=O) groups excluding carboxylic acids is 5. The Morgan fingerprint density at radius 3 is 2.51 bits per heavy atom. The normalized spacial score (nSPS) is 28.5. The molecular weight excluding hydrogens is 530 g/mol. The number of carbonyl (C=O) groups is 6. The molecular formula is C23H18ClN3O9S. The summed E-state index contributed by atoms with van der Waals surface area (Å²) in [7, 11) is 1.05. The van der Waals surface area contributed by atoms with Crippen LogP contribution in [-0.2, 0) is 33.4 Å². The Kier molecular flexibility index (Phi) is 7.55. The number of allylic oxidation sites excluding steroid dienone is 2. The number of hydrogen-bond donors (Lipinski definition) is 2. The summed E-state index contributed by atoms with van der Waals surface area (Å²) in [5.41, 5.74) is -0.166. The SMILES string of the molecule is COC(=O)C1C(=O)C=CC(=O)C1=NC(C(=O)NC1C(=O)C2SC(Cl)C(OC(=O)O)=NC12)c1ccccc1. The lowest BCUT2D eigenvalue weighted by Gasteiger charge is -2.43. The van der Waals surface area contributed by atoms with E-state index in [2.05, 4.69) is 24.8 Å². The average Bonchev–Trinajstić information content (AvgIpc) is 2.88. The maximum absolute atomic E-state index is 13.4. The molecule has 0 bridgehead atoms. The molecule has 6 atom stereocenters. The van der Waals surface area contributed by atoms with E-state index in [9.17, 15) is 28.8 Å². The van der Waals surface area contributed by atoms with Gasteiger partial charge < -0.3 is 19.9 Å². The third kappa shape index (κ3) is 5.18. The van der Waals surface area contributed by atoms with Crippen molar-refractivity contribution in [1.82, 2.24) is 5.32 Å². The van der Waals surface area contributed by atoms with Crippen molar-refractivity contribution in [3.63, 3.8) is 0 Å². The predicted molar refractivity (Wildman–Crippen MR) is 130 cm³/mol. The van der Waals surface area contributed by atoms with Gasteiger partial charge in [-0.2, -0.15) is 0 Å². The van der Waals surface area contributed by atoms with Gasteiger partial charge in [0.05, 0.1) is 18.4 Å². The highest BCUT2D eigenvalue weighted by molar-refractivity contribution is 8.03. The summed E-state index contributed by atoms with van der Waals surface area (Å²) in [4.78, 5) is 82.5. The van der Waals surface area contributed by atoms with Gasteiger partial charge >= 0.3 is 12.1 Å². The highest BCUT2D eigenvalue weighted by Gasteiger charge is 2.55. The number of ketones is 3. The van der Waals surface area contributed by atoms with Crippen LogP contribution in [0.2, 0.25) is 0 Å². The van der Waals surface area contributed by atoms with Crippen LogP contribution in [0.4, 0.5) is 4.79 Å². The Hall–Kier alpha value is -3.84. The highest BCUT2D eigenvalue weighted by Crippen LogP contribution is 2.40. The van der Waals surface area contributed by atoms with Crippen LogP contribution >= 0.6 is 23.4 Å². The van der Waals surface area contributed by atoms with Crippen LogP contribution in [0.1, 0.15) is 11.6 Å². The Bertz CT molecular complexity index is 1280. The fraction of sp³-hybridized carbons (Fsp3) is 0.304. The molecule has 14 heteroatoms. The van der Waals surface area contributed by atoms with Gasteiger partial charge in [0, 0.05) is 0 Å². The molecule has 0 saturated heterocycles. The minimum atomic E-state index is -1.65. The van der Waals surface area contributed by atoms with E-state index in [1.54, 1.807) is 30.3 Å². The molecule has 3 aliphatic rings. The number of fused-ring (bicyclic) bond motifs is 1. The van der Waals surface area contributed by atoms with Crippen LogP contribution in [0.25, 0.3) is 0 Å². The fourth-order valence-electron chi connectivity index (χ4n) is 3.96. The van der Waals surface area contributed by atoms with E-state index < -0.39 is 75.1 Å². The Morgan fingerprint density at radius 1 is 1.16 bits per heavy atom. The number of Topliss-reactive ketones (excluding diaryl/α,β-unsaturated/α-hetero) is 1. The third-order valence-corrected chi connectivity index (χ3v) is 7.48. The second kappa shape index (κ2) is 10.6. The van der Waals surface area contributed by atoms with E-state index in [1.807, 2.05) is 0 Å². The molecule has 0 aromatic heterocycles. The van der Waals surface area contributed by atoms with Crippen LogP contribution in [0.5, 0.6) is 0 Å². The van der Waals surface area contributed by atoms with E-state index in [-0.39, 0.29) is 5.90 Å². The molecule has 2 aliphatic carbocycles. The number of amides is 1. The minimum Gasteiger partial charge on any atom is -0.468 e. The second-order valence-corrected chi connectivity index (χ2v) is 9.92. The third-order valence-electron chi connectivity index (χ3n) is 5.74. The van der Waals surface area contributed by atoms with Crippen molar-refractivity contribution >= 4 is 70.4 Å². The van der Waals surface area contributed by atoms with E-state index in [4.69, 9.17) is 16.7 Å². The summed E-state index contributed by atoms with van der Waals surface area (Å²) in [6, 6.07) is 4.59. The largest absolute Gasteiger partial charge is 0.512 e. The van der Waals surface area contributed by atoms with Gasteiger partial charge in [-0.25, -0.2) is 9.79 Å². The Balaban J connectivity index is 1.66. The van der Waals surface area contributed by atoms with Crippen molar-refractivity contribution < 1.29 is 43.3 Å². The highest BCUT2D eigenvalue weighted by atomic mass is 35.5. The number of alkyl halides is 1. The van der Waals surface area contributed by atoms with Gasteiger partial charge in [-0.1, -0.05) is 30.3 Å². The van der Waals surface area contributed by atoms with Crippen LogP contribution in [-0.4, -0.2) is 81.3 Å². The number of benzene rings is 1. The lowest BCUT2D eigenvalue weighted by Crippen LogP contribution is -2.67. The van der Waals surface area contributed by atoms with Crippen molar-refractivity contribution in [1.29, 1.82) is 0 Å². The first kappa shape index (κ1) is 26.2. The van der Waals surface area contributed by atoms with Crippen LogP contribution in [0.15, 0.2) is 52.5 Å². The number of halogens is 1. The van der Waals surface area contributed by atoms with Gasteiger partial charge in [-0.3, -0.25) is 29.0 Å². The van der Waals surface area contributed by atoms with Crippen molar-refractivity contribution in [3.05, 3.63) is 48.0 Å². The first-order valence-electron chi connectivity index (χ1n) is 10.7. The minimum absolute atomic E-state index is 0.312. The zero-order chi connectivity index (χ0) is 26.9. The number of ether oxygens (including phenoxy) is 2. The maximum atomic E-state index is 13.4. The molecule has 1 aromatic carbocycles. The summed E-state index contributed by atoms with van der Waals surface area (Å²) < 4.78 is 8.22. The van der Waals surface area contributed by atoms with Gasteiger partial charge in [0.15, 0.2) is 28.2 Å². The summed E-state index contributed by atoms with van der Waals surface area (Å²) in [5.74, 6) is -5.67. The van der Waals surface area contributed by atoms with Gasteiger partial charge in [-0.15, -0.1) is 23.4 Å². The second-order valence-electron chi connectivity index (χ2n) is 7.97. The Morgan fingerprint density at radius 2 is 1.86 bits per heavy atom. The number of hydrogen-bond acceptors (Lipinski definition) is 11. The van der Waals surface area contributed by atoms with E-state index in [0.29, 0.717) is 5.56 Å². The molecule has 37 heavy (non-hydrogen) atoms. The number of methoxy groups -OCH3 is 1. The van der Waals surface area contributed by atoms with Gasteiger partial charge in [0.2, 0.25) is 17.6 Å². The summed E-state index contributed by atoms with van der Waals surface area (Å²) in [5, 5.41) is 10.7. The van der Waals surface area contributed by atoms with Gasteiger partial charge in [-0.05, 0) is 17.7 Å². The molecule has 1 heterocycles. The fourth-order valence-corrected chi connectivity index (χ4v) is 5.54. The van der Waals surface area contributed by atoms with Crippen molar-refractivity contribution in [3.8, 4) is 0 Å². The number of thioether (sulfide) groups is 1. The van der Waals surface area contributed by atoms with Crippen LogP contribution in [0.3, 0.4) is 0 Å².